The fourth-order valence-electron chi connectivity index (χ4n) is 4.04. The van der Waals surface area contributed by atoms with Gasteiger partial charge in [-0.25, -0.2) is 4.79 Å². The number of nitrogens with zero attached hydrogens (tertiary/aromatic N) is 1. The molecule has 4 amide bonds. The number of thiazole rings is 1. The van der Waals surface area contributed by atoms with E-state index in [4.69, 9.17) is 0 Å². The molecule has 2 aromatic carbocycles. The molecule has 1 spiro atoms. The van der Waals surface area contributed by atoms with Crippen LogP contribution in [-0.4, -0.2) is 28.0 Å². The molecule has 146 valence electrons. The molecule has 3 aromatic rings. The van der Waals surface area contributed by atoms with Gasteiger partial charge in [0, 0.05) is 18.5 Å². The lowest BCUT2D eigenvalue weighted by molar-refractivity contribution is -0.123. The van der Waals surface area contributed by atoms with Crippen molar-refractivity contribution < 1.29 is 14.4 Å². The molecule has 1 saturated heterocycles. The number of carbonyl (C=O) groups excluding carboxylic acids is 3. The standard InChI is InChI=1S/C20H16N4O4S/c25-16(10-24-14-3-1-2-4-15(14)29-19(24)28)21-13-6-5-11-8-20(9-12(11)7-13)17(26)22-18(27)23-20/h1-7H,8-10H2,(H,21,25)(H2,22,23,26,27). The van der Waals surface area contributed by atoms with Crippen molar-refractivity contribution in [3.63, 3.8) is 0 Å². The zero-order chi connectivity index (χ0) is 20.2. The number of rotatable bonds is 3. The van der Waals surface area contributed by atoms with E-state index in [1.54, 1.807) is 6.07 Å². The first-order valence-electron chi connectivity index (χ1n) is 9.07. The molecular weight excluding hydrogens is 392 g/mol. The van der Waals surface area contributed by atoms with Gasteiger partial charge in [-0.2, -0.15) is 0 Å². The van der Waals surface area contributed by atoms with Crippen molar-refractivity contribution in [2.75, 3.05) is 5.32 Å². The smallest absolute Gasteiger partial charge is 0.322 e. The lowest BCUT2D eigenvalue weighted by Crippen LogP contribution is -2.47. The Kier molecular flexibility index (Phi) is 3.82. The van der Waals surface area contributed by atoms with Gasteiger partial charge in [-0.15, -0.1) is 0 Å². The van der Waals surface area contributed by atoms with E-state index in [9.17, 15) is 19.2 Å². The number of hydrogen-bond donors (Lipinski definition) is 3. The van der Waals surface area contributed by atoms with Crippen LogP contribution < -0.4 is 20.8 Å². The Morgan fingerprint density at radius 1 is 1.10 bits per heavy atom. The third-order valence-electron chi connectivity index (χ3n) is 5.36. The zero-order valence-electron chi connectivity index (χ0n) is 15.2. The van der Waals surface area contributed by atoms with Gasteiger partial charge in [0.25, 0.3) is 5.91 Å². The molecule has 29 heavy (non-hydrogen) atoms. The Labute approximate surface area is 168 Å². The van der Waals surface area contributed by atoms with Crippen molar-refractivity contribution in [2.45, 2.75) is 24.9 Å². The van der Waals surface area contributed by atoms with Crippen LogP contribution in [0.2, 0.25) is 0 Å². The number of carbonyl (C=O) groups is 3. The Bertz CT molecular complexity index is 1260. The first-order valence-corrected chi connectivity index (χ1v) is 9.89. The number of hydrogen-bond acceptors (Lipinski definition) is 5. The Hall–Kier alpha value is -3.46. The van der Waals surface area contributed by atoms with Crippen LogP contribution in [0.4, 0.5) is 10.5 Å². The van der Waals surface area contributed by atoms with E-state index in [2.05, 4.69) is 16.0 Å². The highest BCUT2D eigenvalue weighted by Crippen LogP contribution is 2.34. The summed E-state index contributed by atoms with van der Waals surface area (Å²) in [5, 5.41) is 7.82. The fraction of sp³-hybridized carbons (Fsp3) is 0.200. The molecule has 1 fully saturated rings. The maximum atomic E-state index is 12.5. The molecule has 1 aliphatic heterocycles. The number of para-hydroxylation sites is 1. The van der Waals surface area contributed by atoms with Gasteiger partial charge >= 0.3 is 10.9 Å². The lowest BCUT2D eigenvalue weighted by Gasteiger charge is -2.18. The summed E-state index contributed by atoms with van der Waals surface area (Å²) in [6.45, 7) is -0.0810. The molecule has 0 bridgehead atoms. The molecular formula is C20H16N4O4S. The summed E-state index contributed by atoms with van der Waals surface area (Å²) in [4.78, 5) is 48.2. The molecule has 1 aliphatic carbocycles. The maximum absolute atomic E-state index is 12.5. The van der Waals surface area contributed by atoms with E-state index < -0.39 is 11.6 Å². The molecule has 1 aromatic heterocycles. The number of anilines is 1. The predicted octanol–water partition coefficient (Wildman–Crippen LogP) is 1.38. The molecule has 0 radical (unpaired) electrons. The van der Waals surface area contributed by atoms with Crippen LogP contribution in [0, 0.1) is 0 Å². The number of fused-ring (bicyclic) bond motifs is 2. The van der Waals surface area contributed by atoms with Crippen molar-refractivity contribution in [2.24, 2.45) is 0 Å². The van der Waals surface area contributed by atoms with Crippen molar-refractivity contribution >= 4 is 45.1 Å². The largest absolute Gasteiger partial charge is 0.325 e. The molecule has 3 N–H and O–H groups in total. The molecule has 5 rings (SSSR count). The number of amides is 4. The highest BCUT2D eigenvalue weighted by atomic mass is 32.1. The molecule has 0 saturated carbocycles. The van der Waals surface area contributed by atoms with E-state index in [1.807, 2.05) is 36.4 Å². The van der Waals surface area contributed by atoms with Crippen LogP contribution in [-0.2, 0) is 29.0 Å². The van der Waals surface area contributed by atoms with Gasteiger partial charge in [-0.05, 0) is 35.4 Å². The first kappa shape index (κ1) is 17.6. The molecule has 1 unspecified atom stereocenters. The van der Waals surface area contributed by atoms with Gasteiger partial charge in [0.2, 0.25) is 5.91 Å². The summed E-state index contributed by atoms with van der Waals surface area (Å²) < 4.78 is 2.29. The number of nitrogens with one attached hydrogen (secondary N) is 3. The second-order valence-corrected chi connectivity index (χ2v) is 8.29. The van der Waals surface area contributed by atoms with Gasteiger partial charge in [0.05, 0.1) is 10.2 Å². The summed E-state index contributed by atoms with van der Waals surface area (Å²) in [6.07, 6.45) is 0.794. The van der Waals surface area contributed by atoms with Crippen molar-refractivity contribution in [1.29, 1.82) is 0 Å². The molecule has 1 atom stereocenters. The van der Waals surface area contributed by atoms with Crippen LogP contribution in [0.15, 0.2) is 47.3 Å². The normalized spacial score (nSPS) is 20.0. The molecule has 9 heteroatoms. The average molecular weight is 408 g/mol. The van der Waals surface area contributed by atoms with Crippen LogP contribution in [0.3, 0.4) is 0 Å². The van der Waals surface area contributed by atoms with E-state index in [-0.39, 0.29) is 23.2 Å². The van der Waals surface area contributed by atoms with Gasteiger partial charge in [-0.3, -0.25) is 24.3 Å². The third kappa shape index (κ3) is 2.90. The number of aromatic nitrogens is 1. The van der Waals surface area contributed by atoms with E-state index in [1.165, 1.54) is 4.57 Å². The number of urea groups is 1. The summed E-state index contributed by atoms with van der Waals surface area (Å²) in [7, 11) is 0. The minimum atomic E-state index is -0.940. The van der Waals surface area contributed by atoms with Gasteiger partial charge in [0.1, 0.15) is 12.1 Å². The van der Waals surface area contributed by atoms with Crippen molar-refractivity contribution in [1.82, 2.24) is 15.2 Å². The minimum Gasteiger partial charge on any atom is -0.325 e. The molecule has 8 nitrogen and oxygen atoms in total. The summed E-state index contributed by atoms with van der Waals surface area (Å²) >= 11 is 1.11. The number of imide groups is 1. The van der Waals surface area contributed by atoms with Crippen molar-refractivity contribution in [3.05, 3.63) is 63.3 Å². The van der Waals surface area contributed by atoms with Gasteiger partial charge < -0.3 is 10.6 Å². The van der Waals surface area contributed by atoms with E-state index in [0.717, 1.165) is 32.7 Å². The van der Waals surface area contributed by atoms with E-state index in [0.29, 0.717) is 18.5 Å². The molecule has 2 aliphatic rings. The van der Waals surface area contributed by atoms with Crippen LogP contribution in [0.1, 0.15) is 11.1 Å². The Morgan fingerprint density at radius 3 is 2.69 bits per heavy atom. The van der Waals surface area contributed by atoms with Crippen molar-refractivity contribution in [3.8, 4) is 0 Å². The monoisotopic (exact) mass is 408 g/mol. The maximum Gasteiger partial charge on any atom is 0.322 e. The third-order valence-corrected chi connectivity index (χ3v) is 6.32. The summed E-state index contributed by atoms with van der Waals surface area (Å²) in [5.41, 5.74) is 2.24. The topological polar surface area (TPSA) is 109 Å². The van der Waals surface area contributed by atoms with E-state index >= 15 is 0 Å². The van der Waals surface area contributed by atoms with Crippen LogP contribution in [0.25, 0.3) is 10.2 Å². The zero-order valence-corrected chi connectivity index (χ0v) is 16.0. The highest BCUT2D eigenvalue weighted by Gasteiger charge is 2.49. The average Bonchev–Trinajstić information content (AvgIpc) is 3.28. The quantitative estimate of drug-likeness (QED) is 0.569. The van der Waals surface area contributed by atoms with Gasteiger partial charge in [0.15, 0.2) is 0 Å². The first-order chi connectivity index (χ1) is 13.9. The molecule has 2 heterocycles. The Balaban J connectivity index is 1.34. The summed E-state index contributed by atoms with van der Waals surface area (Å²) in [5.74, 6) is -0.636. The Morgan fingerprint density at radius 2 is 1.90 bits per heavy atom. The van der Waals surface area contributed by atoms with Gasteiger partial charge in [-0.1, -0.05) is 29.5 Å². The fourth-order valence-corrected chi connectivity index (χ4v) is 4.93. The van der Waals surface area contributed by atoms with Crippen LogP contribution in [0.5, 0.6) is 0 Å². The SMILES string of the molecule is O=C(Cn1c(=O)sc2ccccc21)Nc1ccc2c(c1)CC1(C2)NC(=O)NC1=O. The minimum absolute atomic E-state index is 0.0810. The second-order valence-electron chi connectivity index (χ2n) is 7.30. The second kappa shape index (κ2) is 6.28. The predicted molar refractivity (Wildman–Crippen MR) is 108 cm³/mol. The number of benzene rings is 2. The highest BCUT2D eigenvalue weighted by molar-refractivity contribution is 7.16. The lowest BCUT2D eigenvalue weighted by atomic mass is 9.96. The summed E-state index contributed by atoms with van der Waals surface area (Å²) in [6, 6.07) is 12.3. The van der Waals surface area contributed by atoms with Crippen LogP contribution >= 0.6 is 11.3 Å².